The van der Waals surface area contributed by atoms with Gasteiger partial charge in [-0.1, -0.05) is 6.07 Å². The van der Waals surface area contributed by atoms with Crippen LogP contribution in [0.5, 0.6) is 0 Å². The molecule has 1 aromatic heterocycles. The van der Waals surface area contributed by atoms with Crippen LogP contribution in [0.2, 0.25) is 0 Å². The number of carbonyl (C=O) groups excluding carboxylic acids is 1. The molecule has 0 spiro atoms. The molecule has 0 saturated heterocycles. The van der Waals surface area contributed by atoms with Gasteiger partial charge in [0.15, 0.2) is 5.69 Å². The Morgan fingerprint density at radius 2 is 2.20 bits per heavy atom. The van der Waals surface area contributed by atoms with E-state index in [4.69, 9.17) is 10.4 Å². The lowest BCUT2D eigenvalue weighted by Crippen LogP contribution is -2.22. The highest BCUT2D eigenvalue weighted by Crippen LogP contribution is 2.16. The number of hydrogen-bond acceptors (Lipinski definition) is 4. The van der Waals surface area contributed by atoms with Gasteiger partial charge in [0.1, 0.15) is 6.07 Å². The maximum atomic E-state index is 11.8. The van der Waals surface area contributed by atoms with Crippen LogP contribution in [0.4, 0.5) is 0 Å². The van der Waals surface area contributed by atoms with Crippen molar-refractivity contribution in [1.29, 1.82) is 5.26 Å². The number of aliphatic hydroxyl groups is 1. The summed E-state index contributed by atoms with van der Waals surface area (Å²) in [5.74, 6) is -0.200. The van der Waals surface area contributed by atoms with E-state index in [9.17, 15) is 4.79 Å². The lowest BCUT2D eigenvalue weighted by atomic mass is 10.1. The van der Waals surface area contributed by atoms with Crippen molar-refractivity contribution in [1.82, 2.24) is 14.7 Å². The van der Waals surface area contributed by atoms with Crippen molar-refractivity contribution >= 4 is 5.91 Å². The maximum Gasteiger partial charge on any atom is 0.273 e. The molecule has 0 aliphatic rings. The Morgan fingerprint density at radius 1 is 1.45 bits per heavy atom. The van der Waals surface area contributed by atoms with Crippen LogP contribution < -0.4 is 0 Å². The van der Waals surface area contributed by atoms with E-state index < -0.39 is 0 Å². The number of nitriles is 1. The second-order valence-electron chi connectivity index (χ2n) is 4.47. The Hall–Kier alpha value is -2.65. The van der Waals surface area contributed by atoms with Crippen LogP contribution in [-0.4, -0.2) is 39.8 Å². The summed E-state index contributed by atoms with van der Waals surface area (Å²) in [5.41, 5.74) is 1.93. The molecule has 6 nitrogen and oxygen atoms in total. The maximum absolute atomic E-state index is 11.8. The molecule has 0 saturated carbocycles. The molecule has 0 aliphatic heterocycles. The highest BCUT2D eigenvalue weighted by atomic mass is 16.3. The molecule has 0 radical (unpaired) electrons. The fraction of sp³-hybridized carbons (Fsp3) is 0.214. The first-order valence-corrected chi connectivity index (χ1v) is 5.98. The van der Waals surface area contributed by atoms with Gasteiger partial charge < -0.3 is 10.0 Å². The second-order valence-corrected chi connectivity index (χ2v) is 4.47. The summed E-state index contributed by atoms with van der Waals surface area (Å²) in [6.07, 6.45) is 1.63. The highest BCUT2D eigenvalue weighted by Gasteiger charge is 2.13. The summed E-state index contributed by atoms with van der Waals surface area (Å²) >= 11 is 0. The van der Waals surface area contributed by atoms with E-state index in [1.165, 1.54) is 9.58 Å². The summed E-state index contributed by atoms with van der Waals surface area (Å²) in [5, 5.41) is 22.4. The van der Waals surface area contributed by atoms with Gasteiger partial charge in [-0.15, -0.1) is 0 Å². The lowest BCUT2D eigenvalue weighted by molar-refractivity contribution is 0.0821. The third-order valence-corrected chi connectivity index (χ3v) is 2.83. The van der Waals surface area contributed by atoms with Crippen LogP contribution >= 0.6 is 0 Å². The molecule has 0 atom stereocenters. The standard InChI is InChI=1S/C14H14N4O2/c1-17(2)14(20)12-5-6-18(16-12)13-4-3-10(9-19)7-11(13)8-15/h3-7,19H,9H2,1-2H3. The first-order chi connectivity index (χ1) is 9.56. The third kappa shape index (κ3) is 2.53. The molecular formula is C14H14N4O2. The zero-order valence-electron chi connectivity index (χ0n) is 11.2. The van der Waals surface area contributed by atoms with Gasteiger partial charge in [0.2, 0.25) is 0 Å². The number of amides is 1. The fourth-order valence-corrected chi connectivity index (χ4v) is 1.77. The van der Waals surface area contributed by atoms with Crippen molar-refractivity contribution in [3.8, 4) is 11.8 Å². The summed E-state index contributed by atoms with van der Waals surface area (Å²) in [6, 6.07) is 8.67. The minimum absolute atomic E-state index is 0.127. The molecular weight excluding hydrogens is 256 g/mol. The molecule has 0 aliphatic carbocycles. The number of hydrogen-bond donors (Lipinski definition) is 1. The zero-order valence-corrected chi connectivity index (χ0v) is 11.2. The minimum Gasteiger partial charge on any atom is -0.392 e. The summed E-state index contributed by atoms with van der Waals surface area (Å²) in [7, 11) is 3.30. The Morgan fingerprint density at radius 3 is 2.80 bits per heavy atom. The van der Waals surface area contributed by atoms with E-state index in [0.29, 0.717) is 22.5 Å². The van der Waals surface area contributed by atoms with Gasteiger partial charge in [0, 0.05) is 20.3 Å². The van der Waals surface area contributed by atoms with Crippen molar-refractivity contribution in [2.75, 3.05) is 14.1 Å². The Kier molecular flexibility index (Phi) is 3.82. The van der Waals surface area contributed by atoms with Crippen LogP contribution in [0.15, 0.2) is 30.5 Å². The molecule has 1 amide bonds. The molecule has 1 heterocycles. The average molecular weight is 270 g/mol. The molecule has 1 N–H and O–H groups in total. The molecule has 2 aromatic rings. The van der Waals surface area contributed by atoms with E-state index in [1.807, 2.05) is 0 Å². The largest absolute Gasteiger partial charge is 0.392 e. The van der Waals surface area contributed by atoms with Crippen molar-refractivity contribution in [3.05, 3.63) is 47.3 Å². The molecule has 0 fully saturated rings. The molecule has 20 heavy (non-hydrogen) atoms. The van der Waals surface area contributed by atoms with Gasteiger partial charge in [0.25, 0.3) is 5.91 Å². The number of benzene rings is 1. The van der Waals surface area contributed by atoms with Crippen molar-refractivity contribution < 1.29 is 9.90 Å². The lowest BCUT2D eigenvalue weighted by Gasteiger charge is -2.08. The van der Waals surface area contributed by atoms with Crippen molar-refractivity contribution in [2.45, 2.75) is 6.61 Å². The molecule has 1 aromatic carbocycles. The number of carbonyl (C=O) groups is 1. The van der Waals surface area contributed by atoms with Crippen LogP contribution in [0.25, 0.3) is 5.69 Å². The Labute approximate surface area is 116 Å². The van der Waals surface area contributed by atoms with E-state index in [2.05, 4.69) is 11.2 Å². The van der Waals surface area contributed by atoms with Gasteiger partial charge in [0.05, 0.1) is 17.9 Å². The molecule has 0 unspecified atom stereocenters. The van der Waals surface area contributed by atoms with Crippen LogP contribution in [0.3, 0.4) is 0 Å². The van der Waals surface area contributed by atoms with Crippen LogP contribution in [-0.2, 0) is 6.61 Å². The molecule has 102 valence electrons. The molecule has 6 heteroatoms. The quantitative estimate of drug-likeness (QED) is 0.899. The van der Waals surface area contributed by atoms with Gasteiger partial charge in [-0.25, -0.2) is 4.68 Å². The SMILES string of the molecule is CN(C)C(=O)c1ccn(-c2ccc(CO)cc2C#N)n1. The Bertz CT molecular complexity index is 683. The summed E-state index contributed by atoms with van der Waals surface area (Å²) < 4.78 is 1.48. The summed E-state index contributed by atoms with van der Waals surface area (Å²) in [6.45, 7) is -0.127. The number of aliphatic hydroxyl groups excluding tert-OH is 1. The second kappa shape index (κ2) is 5.55. The summed E-state index contributed by atoms with van der Waals surface area (Å²) in [4.78, 5) is 13.2. The zero-order chi connectivity index (χ0) is 14.7. The average Bonchev–Trinajstić information content (AvgIpc) is 2.95. The first kappa shape index (κ1) is 13.8. The van der Waals surface area contributed by atoms with Crippen LogP contribution in [0.1, 0.15) is 21.6 Å². The smallest absolute Gasteiger partial charge is 0.273 e. The predicted molar refractivity (Wildman–Crippen MR) is 72.2 cm³/mol. The normalized spacial score (nSPS) is 10.1. The molecule has 0 bridgehead atoms. The molecule has 2 rings (SSSR count). The predicted octanol–water partition coefficient (Wildman–Crippen LogP) is 0.938. The fourth-order valence-electron chi connectivity index (χ4n) is 1.77. The Balaban J connectivity index is 2.43. The van der Waals surface area contributed by atoms with Gasteiger partial charge >= 0.3 is 0 Å². The van der Waals surface area contributed by atoms with Gasteiger partial charge in [-0.3, -0.25) is 4.79 Å². The van der Waals surface area contributed by atoms with E-state index in [0.717, 1.165) is 0 Å². The number of rotatable bonds is 3. The van der Waals surface area contributed by atoms with Crippen molar-refractivity contribution in [2.24, 2.45) is 0 Å². The van der Waals surface area contributed by atoms with E-state index in [1.54, 1.807) is 44.6 Å². The van der Waals surface area contributed by atoms with E-state index in [-0.39, 0.29) is 12.5 Å². The number of aromatic nitrogens is 2. The van der Waals surface area contributed by atoms with Crippen molar-refractivity contribution in [3.63, 3.8) is 0 Å². The first-order valence-electron chi connectivity index (χ1n) is 5.98. The number of nitrogens with zero attached hydrogens (tertiary/aromatic N) is 4. The third-order valence-electron chi connectivity index (χ3n) is 2.83. The van der Waals surface area contributed by atoms with Gasteiger partial charge in [-0.05, 0) is 23.8 Å². The highest BCUT2D eigenvalue weighted by molar-refractivity contribution is 5.91. The monoisotopic (exact) mass is 270 g/mol. The minimum atomic E-state index is -0.200. The van der Waals surface area contributed by atoms with Gasteiger partial charge in [-0.2, -0.15) is 10.4 Å². The topological polar surface area (TPSA) is 82.1 Å². The van der Waals surface area contributed by atoms with Crippen LogP contribution in [0, 0.1) is 11.3 Å². The van der Waals surface area contributed by atoms with E-state index >= 15 is 0 Å².